The van der Waals surface area contributed by atoms with Gasteiger partial charge in [0.1, 0.15) is 0 Å². The minimum absolute atomic E-state index is 0.0513. The molecule has 2 amide bonds. The van der Waals surface area contributed by atoms with Crippen molar-refractivity contribution in [2.45, 2.75) is 20.4 Å². The number of amides is 2. The molecular weight excluding hydrogens is 388 g/mol. The molecule has 0 saturated heterocycles. The van der Waals surface area contributed by atoms with Crippen LogP contribution in [0.15, 0.2) is 48.5 Å². The first-order valence-corrected chi connectivity index (χ1v) is 9.56. The Kier molecular flexibility index (Phi) is 6.03. The average molecular weight is 411 g/mol. The summed E-state index contributed by atoms with van der Waals surface area (Å²) in [6.45, 7) is 4.14. The Labute approximate surface area is 175 Å². The van der Waals surface area contributed by atoms with E-state index in [0.717, 1.165) is 22.6 Å². The number of aryl methyl sites for hydroxylation is 1. The third-order valence-corrected chi connectivity index (χ3v) is 5.18. The highest BCUT2D eigenvalue weighted by atomic mass is 35.5. The van der Waals surface area contributed by atoms with E-state index in [1.165, 1.54) is 4.90 Å². The molecule has 0 spiro atoms. The van der Waals surface area contributed by atoms with Crippen LogP contribution in [0.3, 0.4) is 0 Å². The molecule has 1 N–H and O–H groups in total. The number of halogens is 1. The highest BCUT2D eigenvalue weighted by molar-refractivity contribution is 6.31. The number of hydrogen-bond donors (Lipinski definition) is 1. The third kappa shape index (κ3) is 4.49. The molecule has 29 heavy (non-hydrogen) atoms. The van der Waals surface area contributed by atoms with Gasteiger partial charge in [-0.05, 0) is 55.8 Å². The van der Waals surface area contributed by atoms with Crippen molar-refractivity contribution in [2.24, 2.45) is 0 Å². The van der Waals surface area contributed by atoms with E-state index in [9.17, 15) is 9.59 Å². The third-order valence-electron chi connectivity index (χ3n) is 4.64. The van der Waals surface area contributed by atoms with Gasteiger partial charge >= 0.3 is 0 Å². The van der Waals surface area contributed by atoms with Crippen LogP contribution in [0.4, 0.5) is 0 Å². The summed E-state index contributed by atoms with van der Waals surface area (Å²) < 4.78 is 1.76. The quantitative estimate of drug-likeness (QED) is 0.696. The predicted molar refractivity (Wildman–Crippen MR) is 114 cm³/mol. The minimum Gasteiger partial charge on any atom is -0.348 e. The van der Waals surface area contributed by atoms with Gasteiger partial charge in [-0.3, -0.25) is 9.59 Å². The standard InChI is InChI=1S/C22H23ClN4O2/c1-14-20(23)15(2)27(25-14)19-11-9-17(10-12-19)21(28)24-13-16-5-7-18(8-6-16)22(29)26(3)4/h5-12H,13H2,1-4H3,(H,24,28). The van der Waals surface area contributed by atoms with Crippen molar-refractivity contribution in [3.8, 4) is 5.69 Å². The number of hydrogen-bond acceptors (Lipinski definition) is 3. The topological polar surface area (TPSA) is 67.2 Å². The van der Waals surface area contributed by atoms with Crippen molar-refractivity contribution in [1.82, 2.24) is 20.0 Å². The van der Waals surface area contributed by atoms with Crippen molar-refractivity contribution >= 4 is 23.4 Å². The number of nitrogens with one attached hydrogen (secondary N) is 1. The number of carbonyl (C=O) groups is 2. The van der Waals surface area contributed by atoms with Crippen LogP contribution in [0, 0.1) is 13.8 Å². The summed E-state index contributed by atoms with van der Waals surface area (Å²) in [5, 5.41) is 7.95. The second-order valence-corrected chi connectivity index (χ2v) is 7.40. The minimum atomic E-state index is -0.170. The van der Waals surface area contributed by atoms with Crippen molar-refractivity contribution in [3.05, 3.63) is 81.6 Å². The van der Waals surface area contributed by atoms with Gasteiger partial charge in [0.25, 0.3) is 11.8 Å². The van der Waals surface area contributed by atoms with Gasteiger partial charge in [-0.25, -0.2) is 4.68 Å². The fourth-order valence-corrected chi connectivity index (χ4v) is 3.05. The fourth-order valence-electron chi connectivity index (χ4n) is 2.94. The van der Waals surface area contributed by atoms with E-state index in [2.05, 4.69) is 10.4 Å². The van der Waals surface area contributed by atoms with Crippen molar-refractivity contribution in [2.75, 3.05) is 14.1 Å². The van der Waals surface area contributed by atoms with E-state index in [4.69, 9.17) is 11.6 Å². The molecule has 0 fully saturated rings. The van der Waals surface area contributed by atoms with Gasteiger partial charge in [0.05, 0.1) is 22.1 Å². The smallest absolute Gasteiger partial charge is 0.253 e. The number of benzene rings is 2. The Morgan fingerprint density at radius 3 is 2.10 bits per heavy atom. The Morgan fingerprint density at radius 1 is 1.00 bits per heavy atom. The lowest BCUT2D eigenvalue weighted by Gasteiger charge is -2.11. The molecule has 0 aliphatic carbocycles. The maximum atomic E-state index is 12.4. The Balaban J connectivity index is 1.64. The molecule has 2 aromatic carbocycles. The molecule has 0 aliphatic heterocycles. The van der Waals surface area contributed by atoms with Gasteiger partial charge in [0.2, 0.25) is 0 Å². The summed E-state index contributed by atoms with van der Waals surface area (Å²) >= 11 is 6.20. The summed E-state index contributed by atoms with van der Waals surface area (Å²) in [5.74, 6) is -0.221. The molecule has 150 valence electrons. The van der Waals surface area contributed by atoms with Crippen molar-refractivity contribution in [1.29, 1.82) is 0 Å². The predicted octanol–water partition coefficient (Wildman–Crippen LogP) is 3.77. The van der Waals surface area contributed by atoms with E-state index < -0.39 is 0 Å². The first-order valence-electron chi connectivity index (χ1n) is 9.19. The van der Waals surface area contributed by atoms with Crippen LogP contribution in [0.5, 0.6) is 0 Å². The Hall–Kier alpha value is -3.12. The average Bonchev–Trinajstić information content (AvgIpc) is 2.99. The molecule has 7 heteroatoms. The Bertz CT molecular complexity index is 1040. The summed E-state index contributed by atoms with van der Waals surface area (Å²) in [6.07, 6.45) is 0. The van der Waals surface area contributed by atoms with Crippen LogP contribution in [0.1, 0.15) is 37.7 Å². The molecule has 1 heterocycles. The van der Waals surface area contributed by atoms with Gasteiger partial charge in [-0.1, -0.05) is 23.7 Å². The first kappa shape index (κ1) is 20.6. The van der Waals surface area contributed by atoms with Crippen LogP contribution < -0.4 is 5.32 Å². The van der Waals surface area contributed by atoms with Crippen molar-refractivity contribution < 1.29 is 9.59 Å². The molecule has 0 unspecified atom stereocenters. The van der Waals surface area contributed by atoms with E-state index >= 15 is 0 Å². The Morgan fingerprint density at radius 2 is 1.59 bits per heavy atom. The van der Waals surface area contributed by atoms with Crippen molar-refractivity contribution in [3.63, 3.8) is 0 Å². The highest BCUT2D eigenvalue weighted by Crippen LogP contribution is 2.22. The highest BCUT2D eigenvalue weighted by Gasteiger charge is 2.12. The maximum absolute atomic E-state index is 12.4. The first-order chi connectivity index (χ1) is 13.8. The second-order valence-electron chi connectivity index (χ2n) is 7.02. The lowest BCUT2D eigenvalue weighted by Crippen LogP contribution is -2.23. The lowest BCUT2D eigenvalue weighted by atomic mass is 10.1. The SMILES string of the molecule is Cc1nn(-c2ccc(C(=O)NCc3ccc(C(=O)N(C)C)cc3)cc2)c(C)c1Cl. The van der Waals surface area contributed by atoms with Crippen LogP contribution in [-0.2, 0) is 6.54 Å². The van der Waals surface area contributed by atoms with Gasteiger partial charge in [-0.2, -0.15) is 5.10 Å². The summed E-state index contributed by atoms with van der Waals surface area (Å²) in [7, 11) is 3.43. The lowest BCUT2D eigenvalue weighted by molar-refractivity contribution is 0.0827. The van der Waals surface area contributed by atoms with E-state index in [0.29, 0.717) is 22.7 Å². The molecule has 6 nitrogen and oxygen atoms in total. The molecular formula is C22H23ClN4O2. The number of rotatable bonds is 5. The van der Waals surface area contributed by atoms with Crippen LogP contribution in [-0.4, -0.2) is 40.6 Å². The molecule has 0 radical (unpaired) electrons. The van der Waals surface area contributed by atoms with E-state index in [1.54, 1.807) is 43.0 Å². The monoisotopic (exact) mass is 410 g/mol. The van der Waals surface area contributed by atoms with Gasteiger partial charge in [0, 0.05) is 31.8 Å². The number of carbonyl (C=O) groups excluding carboxylic acids is 2. The molecule has 3 rings (SSSR count). The molecule has 0 saturated carbocycles. The summed E-state index contributed by atoms with van der Waals surface area (Å²) in [6, 6.07) is 14.4. The summed E-state index contributed by atoms with van der Waals surface area (Å²) in [5.41, 5.74) is 4.56. The molecule has 0 atom stereocenters. The normalized spacial score (nSPS) is 10.7. The second kappa shape index (κ2) is 8.49. The molecule has 0 aliphatic rings. The molecule has 3 aromatic rings. The van der Waals surface area contributed by atoms with Crippen LogP contribution >= 0.6 is 11.6 Å². The van der Waals surface area contributed by atoms with Gasteiger partial charge in [0.15, 0.2) is 0 Å². The zero-order valence-electron chi connectivity index (χ0n) is 16.9. The van der Waals surface area contributed by atoms with Gasteiger partial charge < -0.3 is 10.2 Å². The summed E-state index contributed by atoms with van der Waals surface area (Å²) in [4.78, 5) is 25.9. The largest absolute Gasteiger partial charge is 0.348 e. The van der Waals surface area contributed by atoms with Crippen LogP contribution in [0.2, 0.25) is 5.02 Å². The number of nitrogens with zero attached hydrogens (tertiary/aromatic N) is 3. The molecule has 1 aromatic heterocycles. The molecule has 0 bridgehead atoms. The van der Waals surface area contributed by atoms with Gasteiger partial charge in [-0.15, -0.1) is 0 Å². The zero-order chi connectivity index (χ0) is 21.1. The van der Waals surface area contributed by atoms with E-state index in [1.807, 2.05) is 38.1 Å². The van der Waals surface area contributed by atoms with Crippen LogP contribution in [0.25, 0.3) is 5.69 Å². The zero-order valence-corrected chi connectivity index (χ0v) is 17.6. The fraction of sp³-hybridized carbons (Fsp3) is 0.227. The number of aromatic nitrogens is 2. The maximum Gasteiger partial charge on any atom is 0.253 e. The van der Waals surface area contributed by atoms with E-state index in [-0.39, 0.29) is 11.8 Å².